The third-order valence-corrected chi connectivity index (χ3v) is 5.46. The summed E-state index contributed by atoms with van der Waals surface area (Å²) in [7, 11) is 0. The molecule has 0 aliphatic rings. The van der Waals surface area contributed by atoms with E-state index < -0.39 is 0 Å². The molecule has 4 nitrogen and oxygen atoms in total. The van der Waals surface area contributed by atoms with Crippen molar-refractivity contribution in [2.75, 3.05) is 13.2 Å². The first-order valence-electron chi connectivity index (χ1n) is 11.3. The molecule has 0 unspecified atom stereocenters. The summed E-state index contributed by atoms with van der Waals surface area (Å²) in [5.74, 6) is 1.42. The van der Waals surface area contributed by atoms with Crippen LogP contribution in [0.5, 0.6) is 11.5 Å². The van der Waals surface area contributed by atoms with E-state index in [-0.39, 0.29) is 11.5 Å². The summed E-state index contributed by atoms with van der Waals surface area (Å²) >= 11 is 6.32. The highest BCUT2D eigenvalue weighted by atomic mass is 35.5. The Bertz CT molecular complexity index is 1060. The van der Waals surface area contributed by atoms with E-state index in [0.717, 1.165) is 23.5 Å². The summed E-state index contributed by atoms with van der Waals surface area (Å²) in [4.78, 5) is 15.2. The lowest BCUT2D eigenvalue weighted by Crippen LogP contribution is -2.34. The van der Waals surface area contributed by atoms with Gasteiger partial charge in [0.25, 0.3) is 5.91 Å². The third-order valence-electron chi connectivity index (χ3n) is 5.13. The van der Waals surface area contributed by atoms with Crippen molar-refractivity contribution in [2.24, 2.45) is 0 Å². The Morgan fingerprint density at radius 1 is 0.879 bits per heavy atom. The van der Waals surface area contributed by atoms with E-state index in [1.807, 2.05) is 69.3 Å². The number of carbonyl (C=O) groups excluding carboxylic acids is 1. The van der Waals surface area contributed by atoms with Gasteiger partial charge in [0.05, 0.1) is 17.1 Å². The highest BCUT2D eigenvalue weighted by Gasteiger charge is 2.19. The molecule has 174 valence electrons. The first kappa shape index (κ1) is 24.7. The van der Waals surface area contributed by atoms with Crippen LogP contribution >= 0.6 is 11.6 Å². The van der Waals surface area contributed by atoms with Gasteiger partial charge in [-0.3, -0.25) is 4.79 Å². The molecule has 3 aromatic rings. The van der Waals surface area contributed by atoms with Crippen molar-refractivity contribution >= 4 is 17.5 Å². The van der Waals surface area contributed by atoms with Crippen LogP contribution in [0.15, 0.2) is 72.8 Å². The van der Waals surface area contributed by atoms with Crippen molar-refractivity contribution in [2.45, 2.75) is 46.3 Å². The number of ether oxygens (including phenoxy) is 2. The average Bonchev–Trinajstić information content (AvgIpc) is 2.79. The van der Waals surface area contributed by atoms with Gasteiger partial charge in [0.2, 0.25) is 0 Å². The lowest BCUT2D eigenvalue weighted by molar-refractivity contribution is 0.0716. The molecule has 0 aromatic heterocycles. The predicted molar refractivity (Wildman–Crippen MR) is 134 cm³/mol. The first-order chi connectivity index (χ1) is 15.8. The Morgan fingerprint density at radius 2 is 1.48 bits per heavy atom. The van der Waals surface area contributed by atoms with Gasteiger partial charge in [-0.2, -0.15) is 0 Å². The molecule has 0 fully saturated rings. The minimum absolute atomic E-state index is 0.107. The largest absolute Gasteiger partial charge is 0.492 e. The second-order valence-corrected chi connectivity index (χ2v) is 9.27. The molecular weight excluding hydrogens is 434 g/mol. The van der Waals surface area contributed by atoms with Crippen LogP contribution in [0.2, 0.25) is 5.02 Å². The fourth-order valence-electron chi connectivity index (χ4n) is 3.55. The average molecular weight is 466 g/mol. The molecule has 0 N–H and O–H groups in total. The number of carbonyl (C=O) groups is 1. The van der Waals surface area contributed by atoms with Crippen LogP contribution in [0.1, 0.15) is 49.2 Å². The fourth-order valence-corrected chi connectivity index (χ4v) is 3.77. The molecule has 0 saturated carbocycles. The van der Waals surface area contributed by atoms with Crippen LogP contribution in [-0.4, -0.2) is 29.6 Å². The van der Waals surface area contributed by atoms with Gasteiger partial charge in [0.15, 0.2) is 0 Å². The van der Waals surface area contributed by atoms with Crippen LogP contribution in [0, 0.1) is 0 Å². The molecule has 0 saturated heterocycles. The first-order valence-corrected chi connectivity index (χ1v) is 11.7. The number of aryl methyl sites for hydroxylation is 1. The summed E-state index contributed by atoms with van der Waals surface area (Å²) in [5.41, 5.74) is 2.60. The maximum atomic E-state index is 13.4. The summed E-state index contributed by atoms with van der Waals surface area (Å²) in [6.45, 7) is 9.45. The maximum absolute atomic E-state index is 13.4. The number of nitrogens with zero attached hydrogens (tertiary/aromatic N) is 1. The molecule has 0 aliphatic carbocycles. The number of benzene rings is 3. The van der Waals surface area contributed by atoms with Crippen molar-refractivity contribution in [1.29, 1.82) is 0 Å². The molecule has 0 spiro atoms. The predicted octanol–water partition coefficient (Wildman–Crippen LogP) is 6.80. The summed E-state index contributed by atoms with van der Waals surface area (Å²) < 4.78 is 11.8. The molecule has 5 heteroatoms. The molecule has 0 bridgehead atoms. The monoisotopic (exact) mass is 465 g/mol. The highest BCUT2D eigenvalue weighted by molar-refractivity contribution is 6.33. The Balaban J connectivity index is 1.71. The van der Waals surface area contributed by atoms with Crippen molar-refractivity contribution in [3.8, 4) is 11.5 Å². The van der Waals surface area contributed by atoms with Crippen LogP contribution in [0.3, 0.4) is 0 Å². The zero-order valence-corrected chi connectivity index (χ0v) is 20.6. The van der Waals surface area contributed by atoms with Gasteiger partial charge in [-0.15, -0.1) is 0 Å². The Kier molecular flexibility index (Phi) is 8.40. The minimum atomic E-state index is -0.253. The number of rotatable bonds is 9. The van der Waals surface area contributed by atoms with Crippen LogP contribution in [0.4, 0.5) is 0 Å². The zero-order valence-electron chi connectivity index (χ0n) is 19.8. The highest BCUT2D eigenvalue weighted by Crippen LogP contribution is 2.23. The minimum Gasteiger partial charge on any atom is -0.492 e. The molecule has 33 heavy (non-hydrogen) atoms. The quantitative estimate of drug-likeness (QED) is 0.348. The third kappa shape index (κ3) is 7.26. The van der Waals surface area contributed by atoms with Crippen molar-refractivity contribution in [1.82, 2.24) is 4.90 Å². The second-order valence-electron chi connectivity index (χ2n) is 8.86. The SMILES string of the molecule is CCc1ccccc1CN(CCOc1ccc(OC(C)(C)C)cc1)C(=O)c1ccccc1Cl. The van der Waals surface area contributed by atoms with Gasteiger partial charge in [-0.1, -0.05) is 54.9 Å². The smallest absolute Gasteiger partial charge is 0.255 e. The molecule has 0 aliphatic heterocycles. The van der Waals surface area contributed by atoms with Crippen molar-refractivity contribution in [3.05, 3.63) is 94.5 Å². The van der Waals surface area contributed by atoms with E-state index in [1.165, 1.54) is 5.56 Å². The number of hydrogen-bond acceptors (Lipinski definition) is 3. The normalized spacial score (nSPS) is 11.2. The van der Waals surface area contributed by atoms with E-state index in [1.54, 1.807) is 17.0 Å². The number of amides is 1. The van der Waals surface area contributed by atoms with E-state index in [0.29, 0.717) is 30.3 Å². The standard InChI is InChI=1S/C28H32ClNO3/c1-5-21-10-6-7-11-22(21)20-30(27(31)25-12-8-9-13-26(25)29)18-19-32-23-14-16-24(17-15-23)33-28(2,3)4/h6-17H,5,18-20H2,1-4H3. The molecule has 3 aromatic carbocycles. The molecule has 0 radical (unpaired) electrons. The van der Waals surface area contributed by atoms with Crippen LogP contribution in [-0.2, 0) is 13.0 Å². The van der Waals surface area contributed by atoms with Crippen LogP contribution < -0.4 is 9.47 Å². The van der Waals surface area contributed by atoms with Gasteiger partial charge in [-0.25, -0.2) is 0 Å². The van der Waals surface area contributed by atoms with Gasteiger partial charge in [-0.05, 0) is 74.7 Å². The van der Waals surface area contributed by atoms with E-state index >= 15 is 0 Å². The molecule has 0 heterocycles. The lowest BCUT2D eigenvalue weighted by Gasteiger charge is -2.25. The maximum Gasteiger partial charge on any atom is 0.255 e. The fraction of sp³-hybridized carbons (Fsp3) is 0.321. The zero-order chi connectivity index (χ0) is 23.8. The van der Waals surface area contributed by atoms with Crippen LogP contribution in [0.25, 0.3) is 0 Å². The Morgan fingerprint density at radius 3 is 2.12 bits per heavy atom. The van der Waals surface area contributed by atoms with E-state index in [2.05, 4.69) is 19.1 Å². The molecule has 1 amide bonds. The summed E-state index contributed by atoms with van der Waals surface area (Å²) in [6, 6.07) is 22.9. The topological polar surface area (TPSA) is 38.8 Å². The van der Waals surface area contributed by atoms with Gasteiger partial charge in [0, 0.05) is 6.54 Å². The molecule has 3 rings (SSSR count). The second kappa shape index (κ2) is 11.2. The van der Waals surface area contributed by atoms with Crippen molar-refractivity contribution in [3.63, 3.8) is 0 Å². The van der Waals surface area contributed by atoms with Gasteiger partial charge >= 0.3 is 0 Å². The molecular formula is C28H32ClNO3. The lowest BCUT2D eigenvalue weighted by atomic mass is 10.0. The number of hydrogen-bond donors (Lipinski definition) is 0. The van der Waals surface area contributed by atoms with E-state index in [9.17, 15) is 4.79 Å². The Labute approximate surface area is 202 Å². The van der Waals surface area contributed by atoms with E-state index in [4.69, 9.17) is 21.1 Å². The van der Waals surface area contributed by atoms with Gasteiger partial charge in [0.1, 0.15) is 23.7 Å². The Hall–Kier alpha value is -2.98. The summed E-state index contributed by atoms with van der Waals surface area (Å²) in [5, 5.41) is 0.451. The molecule has 0 atom stereocenters. The van der Waals surface area contributed by atoms with Crippen molar-refractivity contribution < 1.29 is 14.3 Å². The number of halogens is 1. The summed E-state index contributed by atoms with van der Waals surface area (Å²) in [6.07, 6.45) is 0.907. The van der Waals surface area contributed by atoms with Gasteiger partial charge < -0.3 is 14.4 Å².